The molecule has 4 nitrogen and oxygen atoms in total. The van der Waals surface area contributed by atoms with E-state index >= 15 is 0 Å². The number of aliphatic carboxylic acids is 1. The molecule has 0 heterocycles. The minimum absolute atomic E-state index is 0.106. The monoisotopic (exact) mass is 251 g/mol. The zero-order valence-electron chi connectivity index (χ0n) is 8.88. The fraction of sp³-hybridized carbons (Fsp3) is 0.800. The number of hydrogen-bond donors (Lipinski definition) is 2. The Kier molecular flexibility index (Phi) is 2.59. The van der Waals surface area contributed by atoms with E-state index in [0.29, 0.717) is 12.8 Å². The Morgan fingerprint density at radius 1 is 1.29 bits per heavy atom. The molecule has 3 unspecified atom stereocenters. The highest BCUT2D eigenvalue weighted by Gasteiger charge is 2.58. The maximum absolute atomic E-state index is 12.2. The van der Waals surface area contributed by atoms with Crippen LogP contribution in [0.4, 0.5) is 13.2 Å². The van der Waals surface area contributed by atoms with Gasteiger partial charge in [-0.1, -0.05) is 0 Å². The maximum Gasteiger partial charge on any atom is 0.471 e. The highest BCUT2D eigenvalue weighted by atomic mass is 19.4. The van der Waals surface area contributed by atoms with Crippen LogP contribution in [0.2, 0.25) is 0 Å². The van der Waals surface area contributed by atoms with Crippen LogP contribution in [0.5, 0.6) is 0 Å². The van der Waals surface area contributed by atoms with Crippen molar-refractivity contribution < 1.29 is 27.9 Å². The van der Waals surface area contributed by atoms with Crippen LogP contribution in [-0.4, -0.2) is 28.7 Å². The van der Waals surface area contributed by atoms with E-state index < -0.39 is 23.6 Å². The van der Waals surface area contributed by atoms with Gasteiger partial charge in [-0.2, -0.15) is 13.2 Å². The van der Waals surface area contributed by atoms with Crippen molar-refractivity contribution in [1.82, 2.24) is 5.32 Å². The SMILES string of the molecule is O=C(NC1(C(=O)O)CC2CCC1C2)C(F)(F)F. The molecular formula is C10H12F3NO3. The van der Waals surface area contributed by atoms with Gasteiger partial charge >= 0.3 is 18.1 Å². The van der Waals surface area contributed by atoms with Gasteiger partial charge in [0.25, 0.3) is 0 Å². The Labute approximate surface area is 95.2 Å². The van der Waals surface area contributed by atoms with Gasteiger partial charge in [0.2, 0.25) is 0 Å². The van der Waals surface area contributed by atoms with Crippen LogP contribution >= 0.6 is 0 Å². The van der Waals surface area contributed by atoms with Crippen LogP contribution in [0.15, 0.2) is 0 Å². The number of amides is 1. The number of hydrogen-bond acceptors (Lipinski definition) is 2. The van der Waals surface area contributed by atoms with Crippen LogP contribution in [0.1, 0.15) is 25.7 Å². The van der Waals surface area contributed by atoms with Crippen molar-refractivity contribution in [1.29, 1.82) is 0 Å². The van der Waals surface area contributed by atoms with E-state index in [1.165, 1.54) is 0 Å². The molecule has 0 saturated heterocycles. The predicted molar refractivity (Wildman–Crippen MR) is 50.0 cm³/mol. The molecule has 2 N–H and O–H groups in total. The number of fused-ring (bicyclic) bond motifs is 2. The molecule has 2 saturated carbocycles. The summed E-state index contributed by atoms with van der Waals surface area (Å²) in [7, 11) is 0. The van der Waals surface area contributed by atoms with Crippen LogP contribution in [0.25, 0.3) is 0 Å². The first-order valence-electron chi connectivity index (χ1n) is 5.38. The molecule has 2 rings (SSSR count). The summed E-state index contributed by atoms with van der Waals surface area (Å²) in [6.07, 6.45) is -2.94. The third-order valence-corrected chi connectivity index (χ3v) is 3.82. The molecule has 0 aromatic rings. The van der Waals surface area contributed by atoms with Gasteiger partial charge in [-0.3, -0.25) is 4.79 Å². The Bertz CT molecular complexity index is 368. The predicted octanol–water partition coefficient (Wildman–Crippen LogP) is 1.31. The maximum atomic E-state index is 12.2. The van der Waals surface area contributed by atoms with Gasteiger partial charge in [0.05, 0.1) is 0 Å². The summed E-state index contributed by atoms with van der Waals surface area (Å²) in [6, 6.07) is 0. The third kappa shape index (κ3) is 1.87. The zero-order valence-corrected chi connectivity index (χ0v) is 8.88. The molecule has 0 aliphatic heterocycles. The Morgan fingerprint density at radius 2 is 1.94 bits per heavy atom. The van der Waals surface area contributed by atoms with E-state index in [-0.39, 0.29) is 18.3 Å². The van der Waals surface area contributed by atoms with Gasteiger partial charge in [-0.05, 0) is 37.5 Å². The smallest absolute Gasteiger partial charge is 0.471 e. The first kappa shape index (κ1) is 12.2. The molecule has 2 fully saturated rings. The number of alkyl halides is 3. The zero-order chi connectivity index (χ0) is 12.8. The lowest BCUT2D eigenvalue weighted by atomic mass is 9.81. The minimum Gasteiger partial charge on any atom is -0.479 e. The van der Waals surface area contributed by atoms with Gasteiger partial charge in [-0.25, -0.2) is 4.79 Å². The Hall–Kier alpha value is -1.27. The quantitative estimate of drug-likeness (QED) is 0.777. The summed E-state index contributed by atoms with van der Waals surface area (Å²) in [5, 5.41) is 10.8. The number of nitrogens with one attached hydrogen (secondary N) is 1. The molecule has 2 bridgehead atoms. The van der Waals surface area contributed by atoms with Crippen molar-refractivity contribution >= 4 is 11.9 Å². The first-order chi connectivity index (χ1) is 7.75. The largest absolute Gasteiger partial charge is 0.479 e. The molecule has 0 aromatic heterocycles. The molecule has 1 amide bonds. The molecule has 96 valence electrons. The van der Waals surface area contributed by atoms with Gasteiger partial charge in [0.1, 0.15) is 5.54 Å². The summed E-state index contributed by atoms with van der Waals surface area (Å²) in [5.74, 6) is -3.78. The summed E-state index contributed by atoms with van der Waals surface area (Å²) in [6.45, 7) is 0. The topological polar surface area (TPSA) is 66.4 Å². The molecule has 17 heavy (non-hydrogen) atoms. The molecule has 7 heteroatoms. The van der Waals surface area contributed by atoms with Crippen molar-refractivity contribution in [3.63, 3.8) is 0 Å². The number of carboxylic acids is 1. The summed E-state index contributed by atoms with van der Waals surface area (Å²) in [5.41, 5.74) is -1.71. The van der Waals surface area contributed by atoms with Crippen molar-refractivity contribution in [2.24, 2.45) is 11.8 Å². The van der Waals surface area contributed by atoms with Crippen molar-refractivity contribution in [3.8, 4) is 0 Å². The second-order valence-electron chi connectivity index (χ2n) is 4.81. The fourth-order valence-corrected chi connectivity index (χ4v) is 3.07. The summed E-state index contributed by atoms with van der Waals surface area (Å²) in [4.78, 5) is 22.1. The van der Waals surface area contributed by atoms with Crippen LogP contribution < -0.4 is 5.32 Å². The average Bonchev–Trinajstić information content (AvgIpc) is 2.75. The number of halogens is 3. The lowest BCUT2D eigenvalue weighted by molar-refractivity contribution is -0.178. The fourth-order valence-electron chi connectivity index (χ4n) is 3.07. The Morgan fingerprint density at radius 3 is 2.29 bits per heavy atom. The van der Waals surface area contributed by atoms with Crippen LogP contribution in [0, 0.1) is 11.8 Å². The van der Waals surface area contributed by atoms with E-state index in [0.717, 1.165) is 6.42 Å². The summed E-state index contributed by atoms with van der Waals surface area (Å²) < 4.78 is 36.5. The minimum atomic E-state index is -5.04. The number of carbonyl (C=O) groups excluding carboxylic acids is 1. The van der Waals surface area contributed by atoms with Crippen molar-refractivity contribution in [3.05, 3.63) is 0 Å². The van der Waals surface area contributed by atoms with Crippen molar-refractivity contribution in [2.45, 2.75) is 37.4 Å². The van der Waals surface area contributed by atoms with Gasteiger partial charge in [0, 0.05) is 0 Å². The van der Waals surface area contributed by atoms with Gasteiger partial charge < -0.3 is 10.4 Å². The normalized spacial score (nSPS) is 35.9. The average molecular weight is 251 g/mol. The number of carbonyl (C=O) groups is 2. The molecule has 2 aliphatic carbocycles. The standard InChI is InChI=1S/C10H12F3NO3/c11-10(12,13)7(15)14-9(8(16)17)4-5-1-2-6(9)3-5/h5-6H,1-4H2,(H,14,15)(H,16,17). The second kappa shape index (κ2) is 3.61. The third-order valence-electron chi connectivity index (χ3n) is 3.82. The second-order valence-corrected chi connectivity index (χ2v) is 4.81. The van der Waals surface area contributed by atoms with E-state index in [2.05, 4.69) is 0 Å². The first-order valence-corrected chi connectivity index (χ1v) is 5.38. The van der Waals surface area contributed by atoms with Gasteiger partial charge in [-0.15, -0.1) is 0 Å². The Balaban J connectivity index is 2.20. The molecule has 0 radical (unpaired) electrons. The van der Waals surface area contributed by atoms with Gasteiger partial charge in [0.15, 0.2) is 0 Å². The molecule has 0 aromatic carbocycles. The van der Waals surface area contributed by atoms with Crippen molar-refractivity contribution in [2.75, 3.05) is 0 Å². The van der Waals surface area contributed by atoms with E-state index in [1.807, 2.05) is 0 Å². The van der Waals surface area contributed by atoms with Crippen LogP contribution in [-0.2, 0) is 9.59 Å². The molecular weight excluding hydrogens is 239 g/mol. The molecule has 2 aliphatic rings. The molecule has 0 spiro atoms. The highest BCUT2D eigenvalue weighted by molar-refractivity contribution is 5.90. The molecule has 3 atom stereocenters. The lowest BCUT2D eigenvalue weighted by Gasteiger charge is -2.34. The number of carboxylic acid groups (broad SMARTS) is 1. The highest BCUT2D eigenvalue weighted by Crippen LogP contribution is 2.51. The van der Waals surface area contributed by atoms with E-state index in [4.69, 9.17) is 5.11 Å². The summed E-state index contributed by atoms with van der Waals surface area (Å²) >= 11 is 0. The lowest BCUT2D eigenvalue weighted by Crippen LogP contribution is -2.60. The number of rotatable bonds is 2. The van der Waals surface area contributed by atoms with E-state index in [9.17, 15) is 22.8 Å². The van der Waals surface area contributed by atoms with Crippen LogP contribution in [0.3, 0.4) is 0 Å². The van der Waals surface area contributed by atoms with E-state index in [1.54, 1.807) is 5.32 Å².